The van der Waals surface area contributed by atoms with Crippen LogP contribution in [0.3, 0.4) is 0 Å². The lowest BCUT2D eigenvalue weighted by Crippen LogP contribution is -2.42. The largest absolute Gasteiger partial charge is 0.351 e. The molecule has 1 heterocycles. The Morgan fingerprint density at radius 2 is 2.13 bits per heavy atom. The highest BCUT2D eigenvalue weighted by Crippen LogP contribution is 2.10. The Labute approximate surface area is 94.0 Å². The zero-order valence-electron chi connectivity index (χ0n) is 9.46. The third kappa shape index (κ3) is 2.57. The maximum absolute atomic E-state index is 11.7. The molecule has 6 heteroatoms. The van der Waals surface area contributed by atoms with Gasteiger partial charge in [-0.05, 0) is 6.92 Å². The molecule has 0 saturated heterocycles. The Bertz CT molecular complexity index is 416. The van der Waals surface area contributed by atoms with Gasteiger partial charge >= 0.3 is 0 Å². The molecule has 1 amide bonds. The summed E-state index contributed by atoms with van der Waals surface area (Å²) in [5.74, 6) is -0.154. The second kappa shape index (κ2) is 4.32. The minimum absolute atomic E-state index is 0.0320. The minimum atomic E-state index is -1.81. The predicted octanol–water partition coefficient (Wildman–Crippen LogP) is 1.34. The predicted molar refractivity (Wildman–Crippen MR) is 65.3 cm³/mol. The molecule has 1 aromatic rings. The van der Waals surface area contributed by atoms with Crippen LogP contribution in [-0.4, -0.2) is 24.9 Å². The van der Waals surface area contributed by atoms with E-state index in [2.05, 4.69) is 5.32 Å². The van der Waals surface area contributed by atoms with E-state index in [-0.39, 0.29) is 10.8 Å². The SMILES string of the molecule is CCNC(=O)c1csc(=O)n1[Si](C)(C)C. The molecule has 0 unspecified atom stereocenters. The summed E-state index contributed by atoms with van der Waals surface area (Å²) in [7, 11) is -1.81. The maximum Gasteiger partial charge on any atom is 0.299 e. The zero-order valence-corrected chi connectivity index (χ0v) is 11.3. The van der Waals surface area contributed by atoms with E-state index in [0.717, 1.165) is 11.3 Å². The number of carbonyl (C=O) groups is 1. The van der Waals surface area contributed by atoms with E-state index in [1.54, 1.807) is 9.61 Å². The number of thiazole rings is 1. The van der Waals surface area contributed by atoms with Crippen LogP contribution >= 0.6 is 11.3 Å². The van der Waals surface area contributed by atoms with Crippen LogP contribution in [0.5, 0.6) is 0 Å². The number of aromatic nitrogens is 1. The van der Waals surface area contributed by atoms with Crippen LogP contribution in [0.1, 0.15) is 17.4 Å². The van der Waals surface area contributed by atoms with Gasteiger partial charge < -0.3 is 9.55 Å². The number of amides is 1. The number of nitrogens with one attached hydrogen (secondary N) is 1. The van der Waals surface area contributed by atoms with Gasteiger partial charge in [0, 0.05) is 11.9 Å². The van der Waals surface area contributed by atoms with Crippen LogP contribution in [0.4, 0.5) is 0 Å². The molecule has 0 bridgehead atoms. The summed E-state index contributed by atoms with van der Waals surface area (Å²) < 4.78 is 1.67. The lowest BCUT2D eigenvalue weighted by atomic mass is 10.4. The van der Waals surface area contributed by atoms with Crippen molar-refractivity contribution in [1.29, 1.82) is 0 Å². The maximum atomic E-state index is 11.7. The van der Waals surface area contributed by atoms with Gasteiger partial charge in [0.05, 0.1) is 0 Å². The molecule has 0 aromatic carbocycles. The highest BCUT2D eigenvalue weighted by molar-refractivity contribution is 7.08. The molecule has 0 atom stereocenters. The molecule has 0 saturated carbocycles. The number of carbonyl (C=O) groups excluding carboxylic acids is 1. The second-order valence-corrected chi connectivity index (χ2v) is 9.86. The van der Waals surface area contributed by atoms with Crippen LogP contribution in [0, 0.1) is 0 Å². The molecule has 0 spiro atoms. The number of hydrogen-bond acceptors (Lipinski definition) is 3. The quantitative estimate of drug-likeness (QED) is 0.816. The van der Waals surface area contributed by atoms with Crippen LogP contribution in [0.2, 0.25) is 19.6 Å². The number of nitrogens with zero attached hydrogens (tertiary/aromatic N) is 1. The minimum Gasteiger partial charge on any atom is -0.351 e. The molecule has 0 radical (unpaired) electrons. The van der Waals surface area contributed by atoms with E-state index in [9.17, 15) is 9.59 Å². The Hall–Kier alpha value is -0.883. The highest BCUT2D eigenvalue weighted by Gasteiger charge is 2.25. The summed E-state index contributed by atoms with van der Waals surface area (Å²) in [6.45, 7) is 8.58. The van der Waals surface area contributed by atoms with Crippen molar-refractivity contribution in [2.45, 2.75) is 26.6 Å². The van der Waals surface area contributed by atoms with E-state index in [0.29, 0.717) is 12.2 Å². The Balaban J connectivity index is 3.21. The van der Waals surface area contributed by atoms with Gasteiger partial charge in [0.2, 0.25) is 0 Å². The lowest BCUT2D eigenvalue weighted by molar-refractivity contribution is 0.0949. The van der Waals surface area contributed by atoms with Gasteiger partial charge in [0.15, 0.2) is 8.24 Å². The van der Waals surface area contributed by atoms with Gasteiger partial charge in [-0.3, -0.25) is 9.59 Å². The Morgan fingerprint density at radius 1 is 1.53 bits per heavy atom. The summed E-state index contributed by atoms with van der Waals surface area (Å²) >= 11 is 1.09. The van der Waals surface area contributed by atoms with Crippen molar-refractivity contribution in [2.24, 2.45) is 0 Å². The van der Waals surface area contributed by atoms with Gasteiger partial charge in [-0.1, -0.05) is 31.0 Å². The fraction of sp³-hybridized carbons (Fsp3) is 0.556. The first-order valence-corrected chi connectivity index (χ1v) is 9.20. The van der Waals surface area contributed by atoms with Crippen molar-refractivity contribution in [3.05, 3.63) is 20.7 Å². The molecule has 0 aliphatic heterocycles. The molecule has 1 N–H and O–H groups in total. The van der Waals surface area contributed by atoms with E-state index in [1.807, 2.05) is 26.6 Å². The van der Waals surface area contributed by atoms with Crippen LogP contribution in [0.25, 0.3) is 0 Å². The van der Waals surface area contributed by atoms with Crippen molar-refractivity contribution in [3.8, 4) is 0 Å². The van der Waals surface area contributed by atoms with Gasteiger partial charge in [-0.2, -0.15) is 0 Å². The van der Waals surface area contributed by atoms with E-state index >= 15 is 0 Å². The normalized spacial score (nSPS) is 11.5. The molecule has 0 fully saturated rings. The first kappa shape index (κ1) is 12.2. The molecule has 0 aliphatic carbocycles. The Morgan fingerprint density at radius 3 is 2.60 bits per heavy atom. The van der Waals surface area contributed by atoms with E-state index in [1.165, 1.54) is 0 Å². The van der Waals surface area contributed by atoms with Gasteiger partial charge in [-0.15, -0.1) is 0 Å². The van der Waals surface area contributed by atoms with Crippen molar-refractivity contribution in [3.63, 3.8) is 0 Å². The Kier molecular flexibility index (Phi) is 3.51. The summed E-state index contributed by atoms with van der Waals surface area (Å²) in [6.07, 6.45) is 0. The topological polar surface area (TPSA) is 51.1 Å². The zero-order chi connectivity index (χ0) is 11.6. The lowest BCUT2D eigenvalue weighted by Gasteiger charge is -2.19. The molecule has 1 aromatic heterocycles. The van der Waals surface area contributed by atoms with Crippen molar-refractivity contribution in [1.82, 2.24) is 9.55 Å². The van der Waals surface area contributed by atoms with E-state index in [4.69, 9.17) is 0 Å². The van der Waals surface area contributed by atoms with Crippen LogP contribution in [-0.2, 0) is 0 Å². The molecular weight excluding hydrogens is 228 g/mol. The second-order valence-electron chi connectivity index (χ2n) is 4.25. The third-order valence-corrected chi connectivity index (χ3v) is 4.61. The summed E-state index contributed by atoms with van der Waals surface area (Å²) in [4.78, 5) is 23.3. The first-order valence-electron chi connectivity index (χ1n) is 4.87. The average molecular weight is 244 g/mol. The van der Waals surface area contributed by atoms with Gasteiger partial charge in [0.1, 0.15) is 5.69 Å². The first-order chi connectivity index (χ1) is 6.88. The third-order valence-electron chi connectivity index (χ3n) is 1.94. The average Bonchev–Trinajstić information content (AvgIpc) is 2.46. The summed E-state index contributed by atoms with van der Waals surface area (Å²) in [5, 5.41) is 4.36. The summed E-state index contributed by atoms with van der Waals surface area (Å²) in [6, 6.07) is 0. The molecular formula is C9H16N2O2SSi. The monoisotopic (exact) mass is 244 g/mol. The molecule has 0 aliphatic rings. The molecule has 1 rings (SSSR count). The standard InChI is InChI=1S/C9H16N2O2SSi/c1-5-10-8(12)7-6-14-9(13)11(7)15(2,3)4/h6H,5H2,1-4H3,(H,10,12). The van der Waals surface area contributed by atoms with Gasteiger partial charge in [0.25, 0.3) is 10.8 Å². The fourth-order valence-electron chi connectivity index (χ4n) is 1.35. The van der Waals surface area contributed by atoms with Crippen LogP contribution < -0.4 is 10.2 Å². The van der Waals surface area contributed by atoms with E-state index < -0.39 is 8.24 Å². The number of hydrogen-bond donors (Lipinski definition) is 1. The van der Waals surface area contributed by atoms with Crippen LogP contribution in [0.15, 0.2) is 10.2 Å². The molecule has 15 heavy (non-hydrogen) atoms. The van der Waals surface area contributed by atoms with Crippen molar-refractivity contribution >= 4 is 25.5 Å². The summed E-state index contributed by atoms with van der Waals surface area (Å²) in [5.41, 5.74) is 0.506. The molecule has 4 nitrogen and oxygen atoms in total. The highest BCUT2D eigenvalue weighted by atomic mass is 32.1. The van der Waals surface area contributed by atoms with Crippen molar-refractivity contribution in [2.75, 3.05) is 6.54 Å². The van der Waals surface area contributed by atoms with Crippen molar-refractivity contribution < 1.29 is 4.79 Å². The fourth-order valence-corrected chi connectivity index (χ4v) is 4.49. The van der Waals surface area contributed by atoms with Gasteiger partial charge in [-0.25, -0.2) is 0 Å². The molecule has 84 valence electrons. The smallest absolute Gasteiger partial charge is 0.299 e. The number of rotatable bonds is 3.